The van der Waals surface area contributed by atoms with E-state index in [1.54, 1.807) is 18.2 Å². The summed E-state index contributed by atoms with van der Waals surface area (Å²) in [4.78, 5) is 27.5. The number of esters is 1. The van der Waals surface area contributed by atoms with Gasteiger partial charge in [-0.1, -0.05) is 153 Å². The lowest BCUT2D eigenvalue weighted by atomic mass is 9.82. The summed E-state index contributed by atoms with van der Waals surface area (Å²) >= 11 is 0. The standard InChI is InChI=1S/C50H92O6Si3/c1-23-24-27-38(4)47-41(7)43(54-57(17,18)48(8,9)10)33-30-36(2)34-40(6)46(56-59(21,22)50(14,15)16)39(5)31-32-42(51)35-44(55-58(19,20)49(11,12)13)37(3)28-25-26-29-45(52)53-47/h23-29,31-32,36-41,43-44,46-47H,1,30,33-35H2,2-22H3/b27-24-,28-25+,29-26-,32-31-/t36-,37+,38-,39-,40-,41-,43+,44-,46-,47-/m0/s1. The lowest BCUT2D eigenvalue weighted by Gasteiger charge is -2.43. The number of carbonyl (C=O) groups excluding carboxylic acids is 2. The molecule has 0 radical (unpaired) electrons. The van der Waals surface area contributed by atoms with Crippen LogP contribution < -0.4 is 0 Å². The fourth-order valence-electron chi connectivity index (χ4n) is 7.04. The van der Waals surface area contributed by atoms with Crippen molar-refractivity contribution in [3.63, 3.8) is 0 Å². The first-order valence-electron chi connectivity index (χ1n) is 22.8. The van der Waals surface area contributed by atoms with E-state index in [2.05, 4.69) is 162 Å². The van der Waals surface area contributed by atoms with Gasteiger partial charge in [-0.25, -0.2) is 4.79 Å². The van der Waals surface area contributed by atoms with Crippen LogP contribution >= 0.6 is 0 Å². The summed E-state index contributed by atoms with van der Waals surface area (Å²) in [5, 5.41) is 0.0544. The highest BCUT2D eigenvalue weighted by molar-refractivity contribution is 6.75. The largest absolute Gasteiger partial charge is 0.458 e. The molecule has 1 aliphatic rings. The molecular formula is C50H92O6Si3. The van der Waals surface area contributed by atoms with E-state index in [0.29, 0.717) is 5.92 Å². The van der Waals surface area contributed by atoms with Crippen LogP contribution in [0.4, 0.5) is 0 Å². The van der Waals surface area contributed by atoms with Gasteiger partial charge >= 0.3 is 5.97 Å². The van der Waals surface area contributed by atoms with Crippen LogP contribution in [0.25, 0.3) is 0 Å². The SMILES string of the molecule is C=C/C=C\[C@H](C)[C@@H]1OC(=O)/C=C\C=C\[C@@H](C)[C@@H](O[Si](C)(C)C(C)(C)C)CC(=O)/C=C\[C@H](C)[C@H](O[Si](C)(C)C(C)(C)C)[C@@H](C)C[C@@H](C)CC[C@@H](O[Si](C)(C)C(C)(C)C)[C@@H]1C. The van der Waals surface area contributed by atoms with Crippen molar-refractivity contribution in [2.45, 2.75) is 208 Å². The molecular weight excluding hydrogens is 781 g/mol. The van der Waals surface area contributed by atoms with Crippen molar-refractivity contribution in [2.24, 2.45) is 35.5 Å². The van der Waals surface area contributed by atoms with Crippen LogP contribution in [0.1, 0.15) is 130 Å². The number of rotatable bonds is 9. The summed E-state index contributed by atoms with van der Waals surface area (Å²) in [6, 6.07) is 0. The predicted octanol–water partition coefficient (Wildman–Crippen LogP) is 14.4. The van der Waals surface area contributed by atoms with Crippen LogP contribution in [0.3, 0.4) is 0 Å². The molecule has 6 nitrogen and oxygen atoms in total. The molecule has 0 fully saturated rings. The monoisotopic (exact) mass is 873 g/mol. The summed E-state index contributed by atoms with van der Waals surface area (Å²) in [5.74, 6) is 0.184. The third-order valence-corrected chi connectivity index (χ3v) is 27.8. The maximum atomic E-state index is 13.9. The molecule has 10 atom stereocenters. The fraction of sp³-hybridized carbons (Fsp3) is 0.760. The zero-order valence-electron chi connectivity index (χ0n) is 42.0. The molecule has 0 aromatic carbocycles. The third-order valence-electron chi connectivity index (χ3n) is 14.3. The molecule has 340 valence electrons. The first-order chi connectivity index (χ1) is 26.7. The summed E-state index contributed by atoms with van der Waals surface area (Å²) < 4.78 is 27.9. The Morgan fingerprint density at radius 3 is 1.73 bits per heavy atom. The van der Waals surface area contributed by atoms with E-state index in [4.69, 9.17) is 18.0 Å². The van der Waals surface area contributed by atoms with Crippen molar-refractivity contribution >= 4 is 36.7 Å². The fourth-order valence-corrected chi connectivity index (χ4v) is 11.4. The van der Waals surface area contributed by atoms with E-state index in [1.165, 1.54) is 6.08 Å². The Kier molecular flexibility index (Phi) is 21.3. The molecule has 1 aliphatic heterocycles. The molecule has 0 aromatic rings. The first-order valence-corrected chi connectivity index (χ1v) is 31.5. The van der Waals surface area contributed by atoms with Crippen molar-refractivity contribution < 1.29 is 27.6 Å². The van der Waals surface area contributed by atoms with E-state index in [9.17, 15) is 9.59 Å². The Balaban J connectivity index is 3.93. The van der Waals surface area contributed by atoms with Gasteiger partial charge in [-0.3, -0.25) is 4.79 Å². The Morgan fingerprint density at radius 2 is 1.22 bits per heavy atom. The van der Waals surface area contributed by atoms with E-state index in [0.717, 1.165) is 19.3 Å². The number of carbonyl (C=O) groups is 2. The van der Waals surface area contributed by atoms with Gasteiger partial charge in [0.25, 0.3) is 0 Å². The predicted molar refractivity (Wildman–Crippen MR) is 261 cm³/mol. The number of ketones is 1. The van der Waals surface area contributed by atoms with Gasteiger partial charge in [-0.15, -0.1) is 0 Å². The Morgan fingerprint density at radius 1 is 0.712 bits per heavy atom. The van der Waals surface area contributed by atoms with Crippen LogP contribution in [-0.4, -0.2) is 61.1 Å². The van der Waals surface area contributed by atoms with E-state index < -0.39 is 31.1 Å². The second-order valence-corrected chi connectivity index (χ2v) is 37.1. The van der Waals surface area contributed by atoms with Crippen molar-refractivity contribution in [3.8, 4) is 0 Å². The van der Waals surface area contributed by atoms with Gasteiger partial charge in [0.05, 0.1) is 18.3 Å². The molecule has 0 bridgehead atoms. The van der Waals surface area contributed by atoms with Crippen LogP contribution in [0.2, 0.25) is 54.4 Å². The van der Waals surface area contributed by atoms with Crippen molar-refractivity contribution in [1.29, 1.82) is 0 Å². The maximum absolute atomic E-state index is 13.9. The number of ether oxygens (including phenoxy) is 1. The van der Waals surface area contributed by atoms with Gasteiger partial charge in [0.1, 0.15) is 6.10 Å². The highest BCUT2D eigenvalue weighted by atomic mass is 28.4. The smallest absolute Gasteiger partial charge is 0.331 e. The lowest BCUT2D eigenvalue weighted by molar-refractivity contribution is -0.150. The van der Waals surface area contributed by atoms with Crippen molar-refractivity contribution in [2.75, 3.05) is 0 Å². The Labute approximate surface area is 367 Å². The zero-order chi connectivity index (χ0) is 45.9. The molecule has 9 heteroatoms. The molecule has 0 aliphatic carbocycles. The normalized spacial score (nSPS) is 31.1. The van der Waals surface area contributed by atoms with Crippen molar-refractivity contribution in [1.82, 2.24) is 0 Å². The van der Waals surface area contributed by atoms with Gasteiger partial charge in [-0.2, -0.15) is 0 Å². The molecule has 0 spiro atoms. The van der Waals surface area contributed by atoms with Gasteiger partial charge in [-0.05, 0) is 103 Å². The molecule has 59 heavy (non-hydrogen) atoms. The Bertz CT molecular complexity index is 1450. The van der Waals surface area contributed by atoms with E-state index in [-0.39, 0.29) is 81.2 Å². The van der Waals surface area contributed by atoms with Crippen LogP contribution in [0.15, 0.2) is 61.3 Å². The summed E-state index contributed by atoms with van der Waals surface area (Å²) in [6.07, 6.45) is 19.1. The maximum Gasteiger partial charge on any atom is 0.331 e. The minimum absolute atomic E-state index is 0.0175. The van der Waals surface area contributed by atoms with E-state index in [1.807, 2.05) is 18.2 Å². The molecule has 0 aromatic heterocycles. The van der Waals surface area contributed by atoms with Crippen LogP contribution in [0, 0.1) is 35.5 Å². The van der Waals surface area contributed by atoms with Crippen LogP contribution in [0.5, 0.6) is 0 Å². The second-order valence-electron chi connectivity index (χ2n) is 22.8. The number of hydrogen-bond acceptors (Lipinski definition) is 6. The summed E-state index contributed by atoms with van der Waals surface area (Å²) in [6.45, 7) is 51.4. The second kappa shape index (κ2) is 22.6. The minimum atomic E-state index is -2.22. The molecule has 0 unspecified atom stereocenters. The minimum Gasteiger partial charge on any atom is -0.458 e. The third kappa shape index (κ3) is 17.6. The zero-order valence-corrected chi connectivity index (χ0v) is 45.0. The highest BCUT2D eigenvalue weighted by Crippen LogP contribution is 2.43. The average Bonchev–Trinajstić information content (AvgIpc) is 3.08. The number of hydrogen-bond donors (Lipinski definition) is 0. The van der Waals surface area contributed by atoms with Gasteiger partial charge in [0, 0.05) is 24.3 Å². The topological polar surface area (TPSA) is 71.1 Å². The summed E-state index contributed by atoms with van der Waals surface area (Å²) in [5.41, 5.74) is 0. The molecule has 0 amide bonds. The lowest BCUT2D eigenvalue weighted by Crippen LogP contribution is -2.48. The molecule has 0 saturated heterocycles. The molecule has 0 saturated carbocycles. The quantitative estimate of drug-likeness (QED) is 0.131. The van der Waals surface area contributed by atoms with Gasteiger partial charge < -0.3 is 18.0 Å². The van der Waals surface area contributed by atoms with Gasteiger partial charge in [0.15, 0.2) is 30.7 Å². The van der Waals surface area contributed by atoms with Gasteiger partial charge in [0.2, 0.25) is 0 Å². The highest BCUT2D eigenvalue weighted by Gasteiger charge is 2.44. The van der Waals surface area contributed by atoms with E-state index >= 15 is 0 Å². The van der Waals surface area contributed by atoms with Crippen molar-refractivity contribution in [3.05, 3.63) is 61.3 Å². The summed E-state index contributed by atoms with van der Waals surface area (Å²) in [7, 11) is -6.56. The van der Waals surface area contributed by atoms with Crippen LogP contribution in [-0.2, 0) is 27.6 Å². The number of cyclic esters (lactones) is 1. The molecule has 0 N–H and O–H groups in total. The number of allylic oxidation sites excluding steroid dienone is 5. The first kappa shape index (κ1) is 55.4. The Hall–Kier alpha value is -1.63. The molecule has 1 rings (SSSR count). The molecule has 1 heterocycles. The average molecular weight is 874 g/mol.